The average molecular weight is 727 g/mol. The zero-order valence-electron chi connectivity index (χ0n) is 31.9. The standard InChI is InChI=1S/C55H38N2/c1-55(2)46-30-16-15-28-44(46)51-41(29-17-31-47(51)55)39-24-11-12-25-40(39)48-34-49(57-54(56-48)37-21-7-4-8-22-37)53-43-27-14-13-26-42(43)50(36-19-5-3-6-20-36)45-33-32-35-18-9-10-23-38(35)52(45)53/h3-34H,1-2H3. The minimum Gasteiger partial charge on any atom is -0.228 e. The van der Waals surface area contributed by atoms with Gasteiger partial charge >= 0.3 is 0 Å². The molecule has 1 heterocycles. The maximum atomic E-state index is 5.51. The second-order valence-electron chi connectivity index (χ2n) is 15.6. The first kappa shape index (κ1) is 33.2. The molecule has 2 heteroatoms. The van der Waals surface area contributed by atoms with E-state index in [-0.39, 0.29) is 5.41 Å². The fourth-order valence-corrected chi connectivity index (χ4v) is 9.48. The van der Waals surface area contributed by atoms with Crippen LogP contribution in [0.4, 0.5) is 0 Å². The van der Waals surface area contributed by atoms with Crippen LogP contribution in [0.15, 0.2) is 194 Å². The van der Waals surface area contributed by atoms with E-state index < -0.39 is 0 Å². The highest BCUT2D eigenvalue weighted by Crippen LogP contribution is 2.53. The predicted octanol–water partition coefficient (Wildman–Crippen LogP) is 14.6. The van der Waals surface area contributed by atoms with Gasteiger partial charge in [0, 0.05) is 27.5 Å². The van der Waals surface area contributed by atoms with E-state index in [1.807, 2.05) is 6.07 Å². The average Bonchev–Trinajstić information content (AvgIpc) is 3.51. The molecule has 1 aliphatic carbocycles. The van der Waals surface area contributed by atoms with Gasteiger partial charge in [-0.05, 0) is 77.5 Å². The van der Waals surface area contributed by atoms with Crippen molar-refractivity contribution < 1.29 is 0 Å². The number of rotatable bonds is 5. The van der Waals surface area contributed by atoms with Crippen molar-refractivity contribution in [3.63, 3.8) is 0 Å². The maximum absolute atomic E-state index is 5.51. The van der Waals surface area contributed by atoms with Gasteiger partial charge in [-0.1, -0.05) is 202 Å². The predicted molar refractivity (Wildman–Crippen MR) is 239 cm³/mol. The van der Waals surface area contributed by atoms with Crippen LogP contribution in [0.3, 0.4) is 0 Å². The number of benzene rings is 9. The van der Waals surface area contributed by atoms with Crippen LogP contribution in [0.25, 0.3) is 99.6 Å². The Labute approximate surface area is 332 Å². The van der Waals surface area contributed by atoms with E-state index in [0.29, 0.717) is 5.82 Å². The molecule has 57 heavy (non-hydrogen) atoms. The Hall–Kier alpha value is -7.16. The topological polar surface area (TPSA) is 25.8 Å². The molecule has 0 bridgehead atoms. The molecule has 0 saturated carbocycles. The van der Waals surface area contributed by atoms with Gasteiger partial charge in [-0.2, -0.15) is 0 Å². The van der Waals surface area contributed by atoms with Gasteiger partial charge < -0.3 is 0 Å². The van der Waals surface area contributed by atoms with Crippen molar-refractivity contribution in [2.24, 2.45) is 0 Å². The zero-order chi connectivity index (χ0) is 38.1. The Bertz CT molecular complexity index is 3200. The van der Waals surface area contributed by atoms with Crippen LogP contribution in [0.2, 0.25) is 0 Å². The number of hydrogen-bond acceptors (Lipinski definition) is 2. The second-order valence-corrected chi connectivity index (χ2v) is 15.6. The van der Waals surface area contributed by atoms with Gasteiger partial charge in [0.25, 0.3) is 0 Å². The quantitative estimate of drug-likeness (QED) is 0.130. The highest BCUT2D eigenvalue weighted by atomic mass is 14.9. The monoisotopic (exact) mass is 726 g/mol. The fourth-order valence-electron chi connectivity index (χ4n) is 9.48. The van der Waals surface area contributed by atoms with Crippen LogP contribution in [0.1, 0.15) is 25.0 Å². The Kier molecular flexibility index (Phi) is 7.55. The molecule has 11 rings (SSSR count). The lowest BCUT2D eigenvalue weighted by atomic mass is 9.81. The van der Waals surface area contributed by atoms with E-state index in [1.165, 1.54) is 65.9 Å². The van der Waals surface area contributed by atoms with E-state index in [0.717, 1.165) is 39.0 Å². The van der Waals surface area contributed by atoms with Crippen LogP contribution < -0.4 is 0 Å². The summed E-state index contributed by atoms with van der Waals surface area (Å²) >= 11 is 0. The van der Waals surface area contributed by atoms with E-state index in [2.05, 4.69) is 202 Å². The first-order valence-corrected chi connectivity index (χ1v) is 19.8. The van der Waals surface area contributed by atoms with Crippen molar-refractivity contribution >= 4 is 32.3 Å². The summed E-state index contributed by atoms with van der Waals surface area (Å²) in [5.74, 6) is 0.701. The van der Waals surface area contributed by atoms with Crippen molar-refractivity contribution in [2.75, 3.05) is 0 Å². The Morgan fingerprint density at radius 1 is 0.351 bits per heavy atom. The highest BCUT2D eigenvalue weighted by Gasteiger charge is 2.37. The largest absolute Gasteiger partial charge is 0.228 e. The van der Waals surface area contributed by atoms with Crippen molar-refractivity contribution in [3.8, 4) is 67.3 Å². The molecule has 0 N–H and O–H groups in total. The molecule has 9 aromatic carbocycles. The molecule has 0 amide bonds. The fraction of sp³-hybridized carbons (Fsp3) is 0.0545. The van der Waals surface area contributed by atoms with Gasteiger partial charge in [0.1, 0.15) is 0 Å². The normalized spacial score (nSPS) is 12.9. The van der Waals surface area contributed by atoms with Gasteiger partial charge in [-0.25, -0.2) is 9.97 Å². The number of nitrogens with zero attached hydrogens (tertiary/aromatic N) is 2. The summed E-state index contributed by atoms with van der Waals surface area (Å²) < 4.78 is 0. The van der Waals surface area contributed by atoms with E-state index in [4.69, 9.17) is 9.97 Å². The second kappa shape index (κ2) is 13.0. The van der Waals surface area contributed by atoms with Gasteiger partial charge in [0.2, 0.25) is 0 Å². The van der Waals surface area contributed by atoms with Crippen molar-refractivity contribution in [1.82, 2.24) is 9.97 Å². The lowest BCUT2D eigenvalue weighted by Crippen LogP contribution is -2.14. The Morgan fingerprint density at radius 2 is 0.912 bits per heavy atom. The van der Waals surface area contributed by atoms with Crippen LogP contribution in [0, 0.1) is 0 Å². The molecule has 0 unspecified atom stereocenters. The van der Waals surface area contributed by atoms with Gasteiger partial charge in [0.05, 0.1) is 11.4 Å². The SMILES string of the molecule is CC1(C)c2ccccc2-c2c(-c3ccccc3-c3cc(-c4c5ccccc5c(-c5ccccc5)c5ccc6ccccc6c45)nc(-c4ccccc4)n3)cccc21. The first-order valence-electron chi connectivity index (χ1n) is 19.8. The lowest BCUT2D eigenvalue weighted by Gasteiger charge is -2.22. The molecule has 0 radical (unpaired) electrons. The smallest absolute Gasteiger partial charge is 0.160 e. The maximum Gasteiger partial charge on any atom is 0.160 e. The third-order valence-corrected chi connectivity index (χ3v) is 12.1. The highest BCUT2D eigenvalue weighted by molar-refractivity contribution is 6.27. The molecular formula is C55H38N2. The summed E-state index contributed by atoms with van der Waals surface area (Å²) in [6.45, 7) is 4.69. The molecular weight excluding hydrogens is 689 g/mol. The molecule has 268 valence electrons. The minimum atomic E-state index is -0.101. The lowest BCUT2D eigenvalue weighted by molar-refractivity contribution is 0.660. The molecule has 1 aliphatic rings. The summed E-state index contributed by atoms with van der Waals surface area (Å²) in [5.41, 5.74) is 15.0. The minimum absolute atomic E-state index is 0.101. The van der Waals surface area contributed by atoms with Crippen LogP contribution in [-0.2, 0) is 5.41 Å². The molecule has 0 fully saturated rings. The molecule has 0 spiro atoms. The Balaban J connectivity index is 1.24. The summed E-state index contributed by atoms with van der Waals surface area (Å²) in [6.07, 6.45) is 0. The van der Waals surface area contributed by atoms with Crippen molar-refractivity contribution in [1.29, 1.82) is 0 Å². The molecule has 10 aromatic rings. The van der Waals surface area contributed by atoms with Gasteiger partial charge in [-0.3, -0.25) is 0 Å². The third-order valence-electron chi connectivity index (χ3n) is 12.1. The Morgan fingerprint density at radius 3 is 1.68 bits per heavy atom. The molecule has 0 aliphatic heterocycles. The molecule has 2 nitrogen and oxygen atoms in total. The molecule has 0 atom stereocenters. The summed E-state index contributed by atoms with van der Waals surface area (Å²) in [4.78, 5) is 10.9. The molecule has 1 aromatic heterocycles. The van der Waals surface area contributed by atoms with Crippen LogP contribution in [0.5, 0.6) is 0 Å². The summed E-state index contributed by atoms with van der Waals surface area (Å²) in [6, 6.07) is 70.1. The third kappa shape index (κ3) is 5.18. The number of fused-ring (bicyclic) bond motifs is 7. The van der Waals surface area contributed by atoms with Gasteiger partial charge in [-0.15, -0.1) is 0 Å². The van der Waals surface area contributed by atoms with Crippen molar-refractivity contribution in [2.45, 2.75) is 19.3 Å². The van der Waals surface area contributed by atoms with Crippen LogP contribution >= 0.6 is 0 Å². The van der Waals surface area contributed by atoms with E-state index >= 15 is 0 Å². The first-order chi connectivity index (χ1) is 28.1. The number of hydrogen-bond donors (Lipinski definition) is 0. The van der Waals surface area contributed by atoms with E-state index in [9.17, 15) is 0 Å². The van der Waals surface area contributed by atoms with Crippen LogP contribution in [-0.4, -0.2) is 9.97 Å². The number of aromatic nitrogens is 2. The zero-order valence-corrected chi connectivity index (χ0v) is 31.9. The molecule has 0 saturated heterocycles. The summed E-state index contributed by atoms with van der Waals surface area (Å²) in [5, 5.41) is 7.17. The van der Waals surface area contributed by atoms with E-state index in [1.54, 1.807) is 0 Å². The van der Waals surface area contributed by atoms with Crippen molar-refractivity contribution in [3.05, 3.63) is 205 Å². The van der Waals surface area contributed by atoms with Gasteiger partial charge in [0.15, 0.2) is 5.82 Å². The summed E-state index contributed by atoms with van der Waals surface area (Å²) in [7, 11) is 0.